The molecule has 0 atom stereocenters. The molecule has 1 amide bonds. The molecular formula is C17H21ClN4OS. The van der Waals surface area contributed by atoms with Crippen LogP contribution in [0.15, 0.2) is 29.4 Å². The molecule has 1 saturated carbocycles. The highest BCUT2D eigenvalue weighted by molar-refractivity contribution is 7.99. The lowest BCUT2D eigenvalue weighted by atomic mass is 9.95. The fourth-order valence-electron chi connectivity index (χ4n) is 3.10. The molecule has 1 N–H and O–H groups in total. The SMILES string of the molecule is Cc1nnc(SCC(=O)Nc2cccc(Cl)c2)n1C1CCCCC1. The van der Waals surface area contributed by atoms with Gasteiger partial charge in [0.05, 0.1) is 5.75 Å². The van der Waals surface area contributed by atoms with Crippen LogP contribution in [0.4, 0.5) is 5.69 Å². The second-order valence-corrected chi connectivity index (χ2v) is 7.42. The zero-order valence-electron chi connectivity index (χ0n) is 13.7. The summed E-state index contributed by atoms with van der Waals surface area (Å²) in [6, 6.07) is 7.62. The largest absolute Gasteiger partial charge is 0.325 e. The molecular weight excluding hydrogens is 344 g/mol. The molecule has 0 unspecified atom stereocenters. The summed E-state index contributed by atoms with van der Waals surface area (Å²) in [5.41, 5.74) is 0.707. The number of carbonyl (C=O) groups is 1. The first-order valence-electron chi connectivity index (χ1n) is 8.23. The van der Waals surface area contributed by atoms with E-state index in [-0.39, 0.29) is 5.91 Å². The van der Waals surface area contributed by atoms with Gasteiger partial charge in [0.15, 0.2) is 5.16 Å². The molecule has 24 heavy (non-hydrogen) atoms. The van der Waals surface area contributed by atoms with Crippen molar-refractivity contribution in [2.75, 3.05) is 11.1 Å². The van der Waals surface area contributed by atoms with Crippen LogP contribution in [0.3, 0.4) is 0 Å². The topological polar surface area (TPSA) is 59.8 Å². The third-order valence-electron chi connectivity index (χ3n) is 4.22. The molecule has 0 aliphatic heterocycles. The van der Waals surface area contributed by atoms with Crippen LogP contribution in [0.25, 0.3) is 0 Å². The van der Waals surface area contributed by atoms with Crippen molar-refractivity contribution in [2.24, 2.45) is 0 Å². The lowest BCUT2D eigenvalue weighted by molar-refractivity contribution is -0.113. The van der Waals surface area contributed by atoms with Crippen molar-refractivity contribution in [3.05, 3.63) is 35.1 Å². The van der Waals surface area contributed by atoms with E-state index < -0.39 is 0 Å². The molecule has 0 saturated heterocycles. The van der Waals surface area contributed by atoms with Crippen LogP contribution in [-0.4, -0.2) is 26.4 Å². The number of nitrogens with one attached hydrogen (secondary N) is 1. The molecule has 1 heterocycles. The Morgan fingerprint density at radius 1 is 1.33 bits per heavy atom. The van der Waals surface area contributed by atoms with Crippen LogP contribution in [0, 0.1) is 6.92 Å². The number of carbonyl (C=O) groups excluding carboxylic acids is 1. The summed E-state index contributed by atoms with van der Waals surface area (Å²) >= 11 is 7.37. The highest BCUT2D eigenvalue weighted by atomic mass is 35.5. The fraction of sp³-hybridized carbons (Fsp3) is 0.471. The van der Waals surface area contributed by atoms with Gasteiger partial charge < -0.3 is 9.88 Å². The highest BCUT2D eigenvalue weighted by Gasteiger charge is 2.21. The van der Waals surface area contributed by atoms with E-state index in [1.165, 1.54) is 43.9 Å². The first-order chi connectivity index (χ1) is 11.6. The van der Waals surface area contributed by atoms with Gasteiger partial charge in [0, 0.05) is 16.8 Å². The van der Waals surface area contributed by atoms with Gasteiger partial charge in [0.2, 0.25) is 5.91 Å². The van der Waals surface area contributed by atoms with Crippen LogP contribution in [-0.2, 0) is 4.79 Å². The monoisotopic (exact) mass is 364 g/mol. The molecule has 1 aliphatic rings. The number of rotatable bonds is 5. The van der Waals surface area contributed by atoms with Crippen molar-refractivity contribution < 1.29 is 4.79 Å². The van der Waals surface area contributed by atoms with E-state index in [0.29, 0.717) is 22.5 Å². The summed E-state index contributed by atoms with van der Waals surface area (Å²) in [7, 11) is 0. The summed E-state index contributed by atoms with van der Waals surface area (Å²) in [5.74, 6) is 1.16. The normalized spacial score (nSPS) is 15.4. The number of amides is 1. The smallest absolute Gasteiger partial charge is 0.234 e. The average Bonchev–Trinajstić information content (AvgIpc) is 2.94. The Balaban J connectivity index is 1.61. The van der Waals surface area contributed by atoms with Gasteiger partial charge in [0.1, 0.15) is 5.82 Å². The minimum Gasteiger partial charge on any atom is -0.325 e. The van der Waals surface area contributed by atoms with Gasteiger partial charge >= 0.3 is 0 Å². The summed E-state index contributed by atoms with van der Waals surface area (Å²) < 4.78 is 2.20. The predicted molar refractivity (Wildman–Crippen MR) is 97.7 cm³/mol. The van der Waals surface area contributed by atoms with E-state index in [0.717, 1.165) is 11.0 Å². The number of aryl methyl sites for hydroxylation is 1. The number of benzene rings is 1. The minimum atomic E-state index is -0.0712. The number of halogens is 1. The third-order valence-corrected chi connectivity index (χ3v) is 5.39. The van der Waals surface area contributed by atoms with E-state index in [4.69, 9.17) is 11.6 Å². The maximum atomic E-state index is 12.2. The minimum absolute atomic E-state index is 0.0712. The van der Waals surface area contributed by atoms with E-state index in [9.17, 15) is 4.79 Å². The van der Waals surface area contributed by atoms with Gasteiger partial charge in [0.25, 0.3) is 0 Å². The van der Waals surface area contributed by atoms with Crippen LogP contribution >= 0.6 is 23.4 Å². The summed E-state index contributed by atoms with van der Waals surface area (Å²) in [6.45, 7) is 1.98. The Kier molecular flexibility index (Phi) is 5.79. The van der Waals surface area contributed by atoms with Gasteiger partial charge in [-0.2, -0.15) is 0 Å². The Hall–Kier alpha value is -1.53. The van der Waals surface area contributed by atoms with E-state index in [1.807, 2.05) is 19.1 Å². The van der Waals surface area contributed by atoms with Gasteiger partial charge in [-0.15, -0.1) is 10.2 Å². The molecule has 1 aromatic carbocycles. The summed E-state index contributed by atoms with van der Waals surface area (Å²) in [4.78, 5) is 12.2. The third kappa shape index (κ3) is 4.30. The van der Waals surface area contributed by atoms with E-state index in [2.05, 4.69) is 20.1 Å². The first kappa shape index (κ1) is 17.3. The van der Waals surface area contributed by atoms with Crippen molar-refractivity contribution in [3.8, 4) is 0 Å². The number of anilines is 1. The second-order valence-electron chi connectivity index (χ2n) is 6.04. The maximum Gasteiger partial charge on any atom is 0.234 e. The highest BCUT2D eigenvalue weighted by Crippen LogP contribution is 2.32. The predicted octanol–water partition coefficient (Wildman–Crippen LogP) is 4.48. The standard InChI is InChI=1S/C17H21ClN4OS/c1-12-20-21-17(22(12)15-8-3-2-4-9-15)24-11-16(23)19-14-7-5-6-13(18)10-14/h5-7,10,15H,2-4,8-9,11H2,1H3,(H,19,23). The average molecular weight is 365 g/mol. The quantitative estimate of drug-likeness (QED) is 0.795. The molecule has 0 radical (unpaired) electrons. The Morgan fingerprint density at radius 3 is 2.88 bits per heavy atom. The molecule has 1 aliphatic carbocycles. The van der Waals surface area contributed by atoms with E-state index in [1.54, 1.807) is 12.1 Å². The zero-order valence-corrected chi connectivity index (χ0v) is 15.2. The van der Waals surface area contributed by atoms with Crippen molar-refractivity contribution in [1.82, 2.24) is 14.8 Å². The molecule has 3 rings (SSSR count). The maximum absolute atomic E-state index is 12.2. The van der Waals surface area contributed by atoms with Crippen LogP contribution in [0.1, 0.15) is 44.0 Å². The Labute approximate surface area is 151 Å². The number of thioether (sulfide) groups is 1. The summed E-state index contributed by atoms with van der Waals surface area (Å²) in [6.07, 6.45) is 6.15. The Bertz CT molecular complexity index is 712. The number of hydrogen-bond acceptors (Lipinski definition) is 4. The lowest BCUT2D eigenvalue weighted by Gasteiger charge is -2.24. The van der Waals surface area contributed by atoms with Crippen molar-refractivity contribution in [2.45, 2.75) is 50.2 Å². The number of hydrogen-bond donors (Lipinski definition) is 1. The van der Waals surface area contributed by atoms with Gasteiger partial charge in [-0.05, 0) is 38.0 Å². The number of nitrogens with zero attached hydrogens (tertiary/aromatic N) is 3. The van der Waals surface area contributed by atoms with Crippen LogP contribution in [0.2, 0.25) is 5.02 Å². The molecule has 1 aromatic heterocycles. The lowest BCUT2D eigenvalue weighted by Crippen LogP contribution is -2.17. The molecule has 0 spiro atoms. The van der Waals surface area contributed by atoms with E-state index >= 15 is 0 Å². The summed E-state index contributed by atoms with van der Waals surface area (Å²) in [5, 5.41) is 12.8. The fourth-order valence-corrected chi connectivity index (χ4v) is 4.14. The van der Waals surface area contributed by atoms with Gasteiger partial charge in [-0.1, -0.05) is 48.7 Å². The molecule has 0 bridgehead atoms. The van der Waals surface area contributed by atoms with Crippen molar-refractivity contribution in [3.63, 3.8) is 0 Å². The molecule has 128 valence electrons. The first-order valence-corrected chi connectivity index (χ1v) is 9.59. The van der Waals surface area contributed by atoms with Crippen molar-refractivity contribution >= 4 is 35.0 Å². The molecule has 2 aromatic rings. The van der Waals surface area contributed by atoms with Crippen LogP contribution in [0.5, 0.6) is 0 Å². The molecule has 7 heteroatoms. The zero-order chi connectivity index (χ0) is 16.9. The Morgan fingerprint density at radius 2 is 2.12 bits per heavy atom. The number of aromatic nitrogens is 3. The van der Waals surface area contributed by atoms with Crippen LogP contribution < -0.4 is 5.32 Å². The van der Waals surface area contributed by atoms with Gasteiger partial charge in [-0.25, -0.2) is 0 Å². The van der Waals surface area contributed by atoms with Crippen molar-refractivity contribution in [1.29, 1.82) is 0 Å². The molecule has 1 fully saturated rings. The molecule has 5 nitrogen and oxygen atoms in total. The second kappa shape index (κ2) is 8.03. The van der Waals surface area contributed by atoms with Gasteiger partial charge in [-0.3, -0.25) is 4.79 Å².